The summed E-state index contributed by atoms with van der Waals surface area (Å²) in [5.74, 6) is -2.02. The van der Waals surface area contributed by atoms with Gasteiger partial charge in [-0.1, -0.05) is 18.2 Å². The van der Waals surface area contributed by atoms with E-state index in [0.717, 1.165) is 0 Å². The molecule has 0 radical (unpaired) electrons. The van der Waals surface area contributed by atoms with Gasteiger partial charge < -0.3 is 10.4 Å². The Morgan fingerprint density at radius 3 is 2.70 bits per heavy atom. The molecule has 0 heterocycles. The lowest BCUT2D eigenvalue weighted by atomic mass is 10.0. The molecule has 1 amide bonds. The summed E-state index contributed by atoms with van der Waals surface area (Å²) in [6, 6.07) is 3.04. The fourth-order valence-electron chi connectivity index (χ4n) is 1.72. The number of carboxylic acid groups (broad SMARTS) is 1. The van der Waals surface area contributed by atoms with Gasteiger partial charge in [0.1, 0.15) is 11.6 Å². The Bertz CT molecular complexity index is 568. The minimum Gasteiger partial charge on any atom is -0.480 e. The number of carbonyl (C=O) groups is 2. The molecule has 0 fully saturated rings. The van der Waals surface area contributed by atoms with Crippen LogP contribution in [0.5, 0.6) is 0 Å². The third-order valence-electron chi connectivity index (χ3n) is 2.68. The van der Waals surface area contributed by atoms with Crippen LogP contribution in [0.1, 0.15) is 22.3 Å². The second-order valence-corrected chi connectivity index (χ2v) is 4.11. The summed E-state index contributed by atoms with van der Waals surface area (Å²) in [7, 11) is 0. The normalized spacial score (nSPS) is 11.4. The van der Waals surface area contributed by atoms with Gasteiger partial charge in [-0.15, -0.1) is 6.58 Å². The van der Waals surface area contributed by atoms with Crippen molar-refractivity contribution in [3.63, 3.8) is 0 Å². The average Bonchev–Trinajstić information content (AvgIpc) is 2.37. The molecule has 1 aromatic carbocycles. The van der Waals surface area contributed by atoms with Crippen LogP contribution in [0.4, 0.5) is 5.69 Å². The summed E-state index contributed by atoms with van der Waals surface area (Å²) in [5, 5.41) is 22.1. The molecule has 0 bridgehead atoms. The number of nitrogens with zero attached hydrogens (tertiary/aromatic N) is 1. The van der Waals surface area contributed by atoms with Crippen LogP contribution >= 0.6 is 0 Å². The highest BCUT2D eigenvalue weighted by Crippen LogP contribution is 2.21. The van der Waals surface area contributed by atoms with Crippen LogP contribution in [0.3, 0.4) is 0 Å². The molecular formula is C13H14N2O5. The quantitative estimate of drug-likeness (QED) is 0.467. The first-order valence-corrected chi connectivity index (χ1v) is 5.77. The average molecular weight is 278 g/mol. The number of benzene rings is 1. The lowest BCUT2D eigenvalue weighted by Gasteiger charge is -2.13. The van der Waals surface area contributed by atoms with Gasteiger partial charge in [0.25, 0.3) is 11.6 Å². The fraction of sp³-hybridized carbons (Fsp3) is 0.231. The SMILES string of the molecule is C=CCC(NC(=O)c1c(C)cccc1[N+](=O)[O-])C(=O)O. The number of carbonyl (C=O) groups excluding carboxylic acids is 1. The highest BCUT2D eigenvalue weighted by atomic mass is 16.6. The van der Waals surface area contributed by atoms with E-state index < -0.39 is 22.8 Å². The van der Waals surface area contributed by atoms with Crippen molar-refractivity contribution in [3.05, 3.63) is 52.1 Å². The van der Waals surface area contributed by atoms with Crippen molar-refractivity contribution < 1.29 is 19.6 Å². The molecule has 0 aromatic heterocycles. The van der Waals surface area contributed by atoms with Crippen molar-refractivity contribution in [2.45, 2.75) is 19.4 Å². The highest BCUT2D eigenvalue weighted by molar-refractivity contribution is 6.01. The Hall–Kier alpha value is -2.70. The smallest absolute Gasteiger partial charge is 0.326 e. The van der Waals surface area contributed by atoms with E-state index in [1.807, 2.05) is 0 Å². The summed E-state index contributed by atoms with van der Waals surface area (Å²) in [6.45, 7) is 4.95. The Labute approximate surface area is 115 Å². The first-order valence-electron chi connectivity index (χ1n) is 5.77. The Morgan fingerprint density at radius 1 is 1.55 bits per heavy atom. The van der Waals surface area contributed by atoms with Gasteiger partial charge in [-0.3, -0.25) is 14.9 Å². The Balaban J connectivity index is 3.11. The number of carboxylic acids is 1. The summed E-state index contributed by atoms with van der Waals surface area (Å²) < 4.78 is 0. The molecule has 0 aliphatic carbocycles. The van der Waals surface area contributed by atoms with Crippen LogP contribution in [0.25, 0.3) is 0 Å². The number of rotatable bonds is 6. The highest BCUT2D eigenvalue weighted by Gasteiger charge is 2.26. The number of nitro groups is 1. The van der Waals surface area contributed by atoms with Crippen molar-refractivity contribution in [2.24, 2.45) is 0 Å². The van der Waals surface area contributed by atoms with Gasteiger partial charge in [-0.2, -0.15) is 0 Å². The molecule has 20 heavy (non-hydrogen) atoms. The number of hydrogen-bond acceptors (Lipinski definition) is 4. The first kappa shape index (κ1) is 15.4. The van der Waals surface area contributed by atoms with Crippen LogP contribution in [0.2, 0.25) is 0 Å². The fourth-order valence-corrected chi connectivity index (χ4v) is 1.72. The molecule has 0 aliphatic rings. The minimum atomic E-state index is -1.23. The largest absolute Gasteiger partial charge is 0.480 e. The molecule has 0 spiro atoms. The number of amides is 1. The standard InChI is InChI=1S/C13H14N2O5/c1-3-5-9(13(17)18)14-12(16)11-8(2)6-4-7-10(11)15(19)20/h3-4,6-7,9H,1,5H2,2H3,(H,14,16)(H,17,18). The maximum absolute atomic E-state index is 12.1. The van der Waals surface area contributed by atoms with Gasteiger partial charge in [-0.05, 0) is 18.9 Å². The van der Waals surface area contributed by atoms with E-state index in [0.29, 0.717) is 5.56 Å². The van der Waals surface area contributed by atoms with Gasteiger partial charge in [0, 0.05) is 6.07 Å². The van der Waals surface area contributed by atoms with Crippen LogP contribution in [-0.2, 0) is 4.79 Å². The third-order valence-corrected chi connectivity index (χ3v) is 2.68. The van der Waals surface area contributed by atoms with Crippen LogP contribution in [-0.4, -0.2) is 27.9 Å². The lowest BCUT2D eigenvalue weighted by molar-refractivity contribution is -0.385. The molecule has 7 heteroatoms. The molecule has 1 unspecified atom stereocenters. The molecule has 1 atom stereocenters. The van der Waals surface area contributed by atoms with Gasteiger partial charge in [-0.25, -0.2) is 4.79 Å². The predicted octanol–water partition coefficient (Wildman–Crippen LogP) is 1.66. The molecule has 7 nitrogen and oxygen atoms in total. The van der Waals surface area contributed by atoms with E-state index >= 15 is 0 Å². The third kappa shape index (κ3) is 3.41. The van der Waals surface area contributed by atoms with Gasteiger partial charge in [0.05, 0.1) is 4.92 Å². The van der Waals surface area contributed by atoms with Crippen LogP contribution in [0.15, 0.2) is 30.9 Å². The molecule has 0 saturated heterocycles. The molecule has 1 rings (SSSR count). The summed E-state index contributed by atoms with van der Waals surface area (Å²) in [4.78, 5) is 33.3. The van der Waals surface area contributed by atoms with E-state index in [1.54, 1.807) is 13.0 Å². The number of aryl methyl sites for hydroxylation is 1. The van der Waals surface area contributed by atoms with Crippen LogP contribution in [0, 0.1) is 17.0 Å². The first-order chi connectivity index (χ1) is 9.38. The van der Waals surface area contributed by atoms with Crippen molar-refractivity contribution in [1.29, 1.82) is 0 Å². The van der Waals surface area contributed by atoms with E-state index in [-0.39, 0.29) is 17.7 Å². The predicted molar refractivity (Wildman–Crippen MR) is 71.5 cm³/mol. The lowest BCUT2D eigenvalue weighted by Crippen LogP contribution is -2.40. The maximum atomic E-state index is 12.1. The van der Waals surface area contributed by atoms with Crippen molar-refractivity contribution >= 4 is 17.6 Å². The zero-order valence-corrected chi connectivity index (χ0v) is 10.8. The molecular weight excluding hydrogens is 264 g/mol. The Morgan fingerprint density at radius 2 is 2.20 bits per heavy atom. The second kappa shape index (κ2) is 6.46. The number of hydrogen-bond donors (Lipinski definition) is 2. The molecule has 2 N–H and O–H groups in total. The van der Waals surface area contributed by atoms with Crippen molar-refractivity contribution in [2.75, 3.05) is 0 Å². The molecule has 0 saturated carbocycles. The zero-order valence-electron chi connectivity index (χ0n) is 10.8. The topological polar surface area (TPSA) is 110 Å². The zero-order chi connectivity index (χ0) is 15.3. The summed E-state index contributed by atoms with van der Waals surface area (Å²) in [6.07, 6.45) is 1.38. The monoisotopic (exact) mass is 278 g/mol. The molecule has 106 valence electrons. The summed E-state index contributed by atoms with van der Waals surface area (Å²) in [5.41, 5.74) is -0.0857. The van der Waals surface area contributed by atoms with E-state index in [9.17, 15) is 19.7 Å². The van der Waals surface area contributed by atoms with E-state index in [2.05, 4.69) is 11.9 Å². The molecule has 0 aliphatic heterocycles. The van der Waals surface area contributed by atoms with Gasteiger partial charge >= 0.3 is 5.97 Å². The Kier molecular flexibility index (Phi) is 4.96. The van der Waals surface area contributed by atoms with Crippen LogP contribution < -0.4 is 5.32 Å². The summed E-state index contributed by atoms with van der Waals surface area (Å²) >= 11 is 0. The van der Waals surface area contributed by atoms with E-state index in [4.69, 9.17) is 5.11 Å². The molecule has 1 aromatic rings. The van der Waals surface area contributed by atoms with Crippen molar-refractivity contribution in [1.82, 2.24) is 5.32 Å². The van der Waals surface area contributed by atoms with E-state index in [1.165, 1.54) is 18.2 Å². The minimum absolute atomic E-state index is 0.0285. The number of aliphatic carboxylic acids is 1. The number of nitro benzene ring substituents is 1. The van der Waals surface area contributed by atoms with Crippen molar-refractivity contribution in [3.8, 4) is 0 Å². The maximum Gasteiger partial charge on any atom is 0.326 e. The number of nitrogens with one attached hydrogen (secondary N) is 1. The second-order valence-electron chi connectivity index (χ2n) is 4.11. The van der Waals surface area contributed by atoms with Gasteiger partial charge in [0.2, 0.25) is 0 Å². The van der Waals surface area contributed by atoms with Gasteiger partial charge in [0.15, 0.2) is 0 Å².